The molecule has 1 aliphatic rings. The Morgan fingerprint density at radius 1 is 1.12 bits per heavy atom. The molecule has 2 rings (SSSR count). The van der Waals surface area contributed by atoms with Crippen molar-refractivity contribution in [2.24, 2.45) is 0 Å². The quantitative estimate of drug-likeness (QED) is 0.824. The van der Waals surface area contributed by atoms with Crippen molar-refractivity contribution >= 4 is 17.7 Å². The number of benzene rings is 1. The van der Waals surface area contributed by atoms with Gasteiger partial charge in [-0.3, -0.25) is 10.1 Å². The van der Waals surface area contributed by atoms with Crippen molar-refractivity contribution in [1.29, 1.82) is 0 Å². The molecule has 1 aliphatic carbocycles. The van der Waals surface area contributed by atoms with Gasteiger partial charge in [0.05, 0.1) is 6.42 Å². The van der Waals surface area contributed by atoms with E-state index in [9.17, 15) is 9.59 Å². The first-order valence-corrected chi connectivity index (χ1v) is 9.67. The standard InChI is InChI=1S/C21H32N2O3/c1-5-23(18-9-7-6-8-10-18)19(24)15-16-11-13-17(14-12-16)22-20(25)26-21(2,3)4/h11-14,18H,5-10,15H2,1-4H3,(H,22,25). The van der Waals surface area contributed by atoms with E-state index >= 15 is 0 Å². The van der Waals surface area contributed by atoms with E-state index in [1.807, 2.05) is 49.9 Å². The van der Waals surface area contributed by atoms with Crippen LogP contribution in [0, 0.1) is 0 Å². The Kier molecular flexibility index (Phi) is 7.06. The van der Waals surface area contributed by atoms with Crippen LogP contribution >= 0.6 is 0 Å². The fourth-order valence-corrected chi connectivity index (χ4v) is 3.43. The number of carbonyl (C=O) groups is 2. The molecule has 5 heteroatoms. The van der Waals surface area contributed by atoms with Crippen molar-refractivity contribution in [3.63, 3.8) is 0 Å². The molecule has 1 saturated carbocycles. The smallest absolute Gasteiger partial charge is 0.412 e. The highest BCUT2D eigenvalue weighted by molar-refractivity contribution is 5.85. The number of nitrogens with zero attached hydrogens (tertiary/aromatic N) is 1. The second-order valence-electron chi connectivity index (χ2n) is 7.97. The highest BCUT2D eigenvalue weighted by Crippen LogP contribution is 2.23. The van der Waals surface area contributed by atoms with Gasteiger partial charge < -0.3 is 9.64 Å². The third-order valence-corrected chi connectivity index (χ3v) is 4.63. The number of anilines is 1. The Morgan fingerprint density at radius 3 is 2.27 bits per heavy atom. The molecule has 1 N–H and O–H groups in total. The molecule has 0 heterocycles. The second kappa shape index (κ2) is 9.06. The number of ether oxygens (including phenoxy) is 1. The van der Waals surface area contributed by atoms with Gasteiger partial charge in [-0.25, -0.2) is 4.79 Å². The van der Waals surface area contributed by atoms with Gasteiger partial charge in [0.25, 0.3) is 0 Å². The molecule has 1 aromatic carbocycles. The van der Waals surface area contributed by atoms with Crippen molar-refractivity contribution in [3.8, 4) is 0 Å². The molecule has 5 nitrogen and oxygen atoms in total. The Hall–Kier alpha value is -2.04. The summed E-state index contributed by atoms with van der Waals surface area (Å²) in [6, 6.07) is 7.79. The van der Waals surface area contributed by atoms with Gasteiger partial charge in [0, 0.05) is 18.3 Å². The van der Waals surface area contributed by atoms with Gasteiger partial charge in [0.15, 0.2) is 0 Å². The zero-order valence-electron chi connectivity index (χ0n) is 16.5. The van der Waals surface area contributed by atoms with Crippen LogP contribution in [0.4, 0.5) is 10.5 Å². The van der Waals surface area contributed by atoms with E-state index in [1.165, 1.54) is 19.3 Å². The number of hydrogen-bond acceptors (Lipinski definition) is 3. The van der Waals surface area contributed by atoms with Crippen LogP contribution in [0.5, 0.6) is 0 Å². The minimum atomic E-state index is -0.529. The molecule has 0 spiro atoms. The summed E-state index contributed by atoms with van der Waals surface area (Å²) in [7, 11) is 0. The Morgan fingerprint density at radius 2 is 1.73 bits per heavy atom. The van der Waals surface area contributed by atoms with Crippen molar-refractivity contribution in [3.05, 3.63) is 29.8 Å². The van der Waals surface area contributed by atoms with Gasteiger partial charge in [0.1, 0.15) is 5.60 Å². The van der Waals surface area contributed by atoms with E-state index in [4.69, 9.17) is 4.74 Å². The summed E-state index contributed by atoms with van der Waals surface area (Å²) >= 11 is 0. The summed E-state index contributed by atoms with van der Waals surface area (Å²) in [5.74, 6) is 0.187. The number of hydrogen-bond donors (Lipinski definition) is 1. The predicted octanol–water partition coefficient (Wildman–Crippen LogP) is 4.76. The van der Waals surface area contributed by atoms with Crippen LogP contribution in [0.3, 0.4) is 0 Å². The SMILES string of the molecule is CCN(C(=O)Cc1ccc(NC(=O)OC(C)(C)C)cc1)C1CCCCC1. The third-order valence-electron chi connectivity index (χ3n) is 4.63. The first kappa shape index (κ1) is 20.3. The molecule has 0 radical (unpaired) electrons. The van der Waals surface area contributed by atoms with Gasteiger partial charge >= 0.3 is 6.09 Å². The molecule has 144 valence electrons. The lowest BCUT2D eigenvalue weighted by Gasteiger charge is -2.33. The maximum absolute atomic E-state index is 12.7. The topological polar surface area (TPSA) is 58.6 Å². The van der Waals surface area contributed by atoms with Crippen LogP contribution in [0.1, 0.15) is 65.4 Å². The molecule has 1 fully saturated rings. The molecular weight excluding hydrogens is 328 g/mol. The van der Waals surface area contributed by atoms with Crippen molar-refractivity contribution in [1.82, 2.24) is 4.90 Å². The zero-order valence-corrected chi connectivity index (χ0v) is 16.5. The van der Waals surface area contributed by atoms with Crippen LogP contribution in [-0.4, -0.2) is 35.1 Å². The highest BCUT2D eigenvalue weighted by atomic mass is 16.6. The van der Waals surface area contributed by atoms with Gasteiger partial charge in [-0.15, -0.1) is 0 Å². The maximum atomic E-state index is 12.7. The molecule has 0 aliphatic heterocycles. The first-order chi connectivity index (χ1) is 12.3. The summed E-state index contributed by atoms with van der Waals surface area (Å²) in [5, 5.41) is 2.71. The largest absolute Gasteiger partial charge is 0.444 e. The number of carbonyl (C=O) groups excluding carboxylic acids is 2. The minimum Gasteiger partial charge on any atom is -0.444 e. The number of rotatable bonds is 5. The summed E-state index contributed by atoms with van der Waals surface area (Å²) < 4.78 is 5.24. The van der Waals surface area contributed by atoms with Gasteiger partial charge in [-0.2, -0.15) is 0 Å². The maximum Gasteiger partial charge on any atom is 0.412 e. The lowest BCUT2D eigenvalue weighted by molar-refractivity contribution is -0.133. The predicted molar refractivity (Wildman–Crippen MR) is 104 cm³/mol. The molecule has 2 amide bonds. The highest BCUT2D eigenvalue weighted by Gasteiger charge is 2.24. The van der Waals surface area contributed by atoms with Crippen molar-refractivity contribution < 1.29 is 14.3 Å². The summed E-state index contributed by atoms with van der Waals surface area (Å²) in [4.78, 5) is 26.5. The van der Waals surface area contributed by atoms with E-state index in [-0.39, 0.29) is 5.91 Å². The van der Waals surface area contributed by atoms with E-state index in [1.54, 1.807) is 0 Å². The van der Waals surface area contributed by atoms with Gasteiger partial charge in [-0.1, -0.05) is 31.4 Å². The minimum absolute atomic E-state index is 0.187. The van der Waals surface area contributed by atoms with E-state index in [0.717, 1.165) is 24.9 Å². The fraction of sp³-hybridized carbons (Fsp3) is 0.619. The number of amides is 2. The first-order valence-electron chi connectivity index (χ1n) is 9.67. The molecule has 0 aromatic heterocycles. The Balaban J connectivity index is 1.91. The van der Waals surface area contributed by atoms with Crippen LogP contribution < -0.4 is 5.32 Å². The van der Waals surface area contributed by atoms with Crippen LogP contribution in [0.2, 0.25) is 0 Å². The Labute approximate surface area is 157 Å². The second-order valence-corrected chi connectivity index (χ2v) is 7.97. The van der Waals surface area contributed by atoms with Crippen LogP contribution in [-0.2, 0) is 16.0 Å². The molecule has 0 bridgehead atoms. The number of likely N-dealkylation sites (N-methyl/N-ethyl adjacent to an activating group) is 1. The Bertz CT molecular complexity index is 599. The van der Waals surface area contributed by atoms with Crippen molar-refractivity contribution in [2.45, 2.75) is 77.9 Å². The summed E-state index contributed by atoms with van der Waals surface area (Å²) in [5.41, 5.74) is 1.09. The zero-order chi connectivity index (χ0) is 19.2. The summed E-state index contributed by atoms with van der Waals surface area (Å²) in [6.07, 6.45) is 5.90. The molecule has 26 heavy (non-hydrogen) atoms. The average Bonchev–Trinajstić information content (AvgIpc) is 2.56. The van der Waals surface area contributed by atoms with Crippen molar-refractivity contribution in [2.75, 3.05) is 11.9 Å². The lowest BCUT2D eigenvalue weighted by atomic mass is 9.93. The van der Waals surface area contributed by atoms with Crippen LogP contribution in [0.15, 0.2) is 24.3 Å². The van der Waals surface area contributed by atoms with Gasteiger partial charge in [-0.05, 0) is 58.2 Å². The van der Waals surface area contributed by atoms with E-state index in [0.29, 0.717) is 18.2 Å². The molecule has 1 aromatic rings. The third kappa shape index (κ3) is 6.36. The molecule has 0 saturated heterocycles. The van der Waals surface area contributed by atoms with E-state index < -0.39 is 11.7 Å². The summed E-state index contributed by atoms with van der Waals surface area (Å²) in [6.45, 7) is 8.30. The molecule has 0 atom stereocenters. The lowest BCUT2D eigenvalue weighted by Crippen LogP contribution is -2.42. The molecular formula is C21H32N2O3. The van der Waals surface area contributed by atoms with Gasteiger partial charge in [0.2, 0.25) is 5.91 Å². The number of nitrogens with one attached hydrogen (secondary N) is 1. The fourth-order valence-electron chi connectivity index (χ4n) is 3.43. The average molecular weight is 360 g/mol. The normalized spacial score (nSPS) is 15.4. The van der Waals surface area contributed by atoms with E-state index in [2.05, 4.69) is 12.2 Å². The van der Waals surface area contributed by atoms with Crippen LogP contribution in [0.25, 0.3) is 0 Å². The monoisotopic (exact) mass is 360 g/mol. The molecule has 0 unspecified atom stereocenters.